The van der Waals surface area contributed by atoms with Crippen LogP contribution in [-0.2, 0) is 11.3 Å². The van der Waals surface area contributed by atoms with Crippen molar-refractivity contribution >= 4 is 11.9 Å². The Balaban J connectivity index is 1.74. The zero-order chi connectivity index (χ0) is 19.7. The fourth-order valence-electron chi connectivity index (χ4n) is 3.85. The van der Waals surface area contributed by atoms with E-state index in [1.54, 1.807) is 30.3 Å². The lowest BCUT2D eigenvalue weighted by atomic mass is 9.77. The van der Waals surface area contributed by atoms with Gasteiger partial charge in [-0.25, -0.2) is 9.69 Å². The Bertz CT molecular complexity index is 685. The average molecular weight is 383 g/mol. The summed E-state index contributed by atoms with van der Waals surface area (Å²) in [5, 5.41) is 2.75. The minimum Gasteiger partial charge on any atom is -0.323 e. The first kappa shape index (κ1) is 19.7. The van der Waals surface area contributed by atoms with Crippen molar-refractivity contribution in [2.24, 2.45) is 5.92 Å². The van der Waals surface area contributed by atoms with Gasteiger partial charge in [-0.2, -0.15) is 13.2 Å². The maximum atomic E-state index is 13.0. The molecule has 3 amide bonds. The van der Waals surface area contributed by atoms with Crippen LogP contribution in [0.25, 0.3) is 0 Å². The summed E-state index contributed by atoms with van der Waals surface area (Å²) in [6.45, 7) is 0.525. The fourth-order valence-corrected chi connectivity index (χ4v) is 3.85. The summed E-state index contributed by atoms with van der Waals surface area (Å²) >= 11 is 0. The van der Waals surface area contributed by atoms with E-state index in [0.29, 0.717) is 24.3 Å². The van der Waals surface area contributed by atoms with Gasteiger partial charge < -0.3 is 5.32 Å². The Hall–Kier alpha value is -2.09. The Morgan fingerprint density at radius 3 is 2.41 bits per heavy atom. The van der Waals surface area contributed by atoms with E-state index in [2.05, 4.69) is 12.2 Å². The number of carbonyl (C=O) groups is 2. The number of alkyl halides is 3. The molecule has 1 aromatic carbocycles. The van der Waals surface area contributed by atoms with Crippen molar-refractivity contribution in [2.75, 3.05) is 13.2 Å². The van der Waals surface area contributed by atoms with Crippen LogP contribution >= 0.6 is 0 Å². The Labute approximate surface area is 156 Å². The van der Waals surface area contributed by atoms with Gasteiger partial charge in [0.1, 0.15) is 5.54 Å². The molecule has 1 aromatic rings. The van der Waals surface area contributed by atoms with Crippen LogP contribution in [0.5, 0.6) is 0 Å². The molecule has 0 atom stereocenters. The van der Waals surface area contributed by atoms with Gasteiger partial charge in [0.25, 0.3) is 5.91 Å². The third-order valence-electron chi connectivity index (χ3n) is 5.37. The monoisotopic (exact) mass is 383 g/mol. The van der Waals surface area contributed by atoms with E-state index in [0.717, 1.165) is 22.6 Å². The lowest BCUT2D eigenvalue weighted by Crippen LogP contribution is -2.50. The third-order valence-corrected chi connectivity index (χ3v) is 5.37. The van der Waals surface area contributed by atoms with Crippen molar-refractivity contribution in [1.82, 2.24) is 15.1 Å². The molecule has 1 saturated carbocycles. The lowest BCUT2D eigenvalue weighted by molar-refractivity contribution is -0.154. The first-order valence-electron chi connectivity index (χ1n) is 9.16. The van der Waals surface area contributed by atoms with Gasteiger partial charge in [-0.1, -0.05) is 37.3 Å². The van der Waals surface area contributed by atoms with E-state index >= 15 is 0 Å². The van der Waals surface area contributed by atoms with Crippen molar-refractivity contribution in [3.05, 3.63) is 35.9 Å². The van der Waals surface area contributed by atoms with Gasteiger partial charge in [-0.3, -0.25) is 9.69 Å². The summed E-state index contributed by atoms with van der Waals surface area (Å²) in [5.41, 5.74) is -0.254. The van der Waals surface area contributed by atoms with Gasteiger partial charge in [0.2, 0.25) is 0 Å². The molecule has 1 N–H and O–H groups in total. The number of rotatable bonds is 5. The fraction of sp³-hybridized carbons (Fsp3) is 0.579. The van der Waals surface area contributed by atoms with Crippen molar-refractivity contribution in [2.45, 2.75) is 50.9 Å². The summed E-state index contributed by atoms with van der Waals surface area (Å²) in [5.74, 6) is 0.0776. The molecule has 3 rings (SSSR count). The predicted molar refractivity (Wildman–Crippen MR) is 93.5 cm³/mol. The Morgan fingerprint density at radius 1 is 1.19 bits per heavy atom. The molecule has 1 spiro atoms. The van der Waals surface area contributed by atoms with Gasteiger partial charge in [0.05, 0.1) is 13.2 Å². The van der Waals surface area contributed by atoms with Gasteiger partial charge in [0, 0.05) is 6.54 Å². The summed E-state index contributed by atoms with van der Waals surface area (Å²) in [7, 11) is 0. The number of hydrogen-bond donors (Lipinski definition) is 1. The average Bonchev–Trinajstić information content (AvgIpc) is 2.81. The number of hydrogen-bond acceptors (Lipinski definition) is 3. The first-order chi connectivity index (χ1) is 12.7. The molecule has 0 unspecified atom stereocenters. The van der Waals surface area contributed by atoms with Gasteiger partial charge in [-0.15, -0.1) is 0 Å². The second kappa shape index (κ2) is 7.50. The number of benzene rings is 1. The van der Waals surface area contributed by atoms with Gasteiger partial charge >= 0.3 is 12.2 Å². The SMILES string of the molecule is CC1CCC2(CC1)NC(=O)N(CN(Cc1ccccc1)CC(F)(F)F)C2=O. The first-order valence-corrected chi connectivity index (χ1v) is 9.16. The number of carbonyl (C=O) groups excluding carboxylic acids is 2. The van der Waals surface area contributed by atoms with E-state index in [-0.39, 0.29) is 13.2 Å². The minimum atomic E-state index is -4.42. The number of nitrogens with zero attached hydrogens (tertiary/aromatic N) is 2. The smallest absolute Gasteiger partial charge is 0.323 e. The van der Waals surface area contributed by atoms with Gasteiger partial charge in [0.15, 0.2) is 0 Å². The zero-order valence-electron chi connectivity index (χ0n) is 15.3. The van der Waals surface area contributed by atoms with Gasteiger partial charge in [-0.05, 0) is 37.2 Å². The van der Waals surface area contributed by atoms with Crippen molar-refractivity contribution in [3.8, 4) is 0 Å². The van der Waals surface area contributed by atoms with Crippen molar-refractivity contribution in [1.29, 1.82) is 0 Å². The summed E-state index contributed by atoms with van der Waals surface area (Å²) in [6, 6.07) is 8.11. The molecule has 1 aliphatic carbocycles. The second-order valence-corrected chi connectivity index (χ2v) is 7.66. The second-order valence-electron chi connectivity index (χ2n) is 7.66. The molecule has 5 nitrogen and oxygen atoms in total. The molecular formula is C19H24F3N3O2. The van der Waals surface area contributed by atoms with Crippen LogP contribution in [0, 0.1) is 5.92 Å². The molecule has 1 heterocycles. The van der Waals surface area contributed by atoms with Crippen molar-refractivity contribution in [3.63, 3.8) is 0 Å². The van der Waals surface area contributed by atoms with E-state index in [1.807, 2.05) is 0 Å². The molecule has 0 bridgehead atoms. The highest BCUT2D eigenvalue weighted by Crippen LogP contribution is 2.36. The van der Waals surface area contributed by atoms with E-state index in [4.69, 9.17) is 0 Å². The Morgan fingerprint density at radius 2 is 1.81 bits per heavy atom. The number of urea groups is 1. The van der Waals surface area contributed by atoms with Crippen LogP contribution in [0.1, 0.15) is 38.2 Å². The highest BCUT2D eigenvalue weighted by molar-refractivity contribution is 6.07. The predicted octanol–water partition coefficient (Wildman–Crippen LogP) is 3.51. The van der Waals surface area contributed by atoms with E-state index in [1.165, 1.54) is 0 Å². The molecule has 1 aliphatic heterocycles. The molecule has 27 heavy (non-hydrogen) atoms. The van der Waals surface area contributed by atoms with Crippen LogP contribution in [0.4, 0.5) is 18.0 Å². The maximum absolute atomic E-state index is 13.0. The maximum Gasteiger partial charge on any atom is 0.401 e. The van der Waals surface area contributed by atoms with Crippen LogP contribution < -0.4 is 5.32 Å². The molecule has 2 aliphatic rings. The quantitative estimate of drug-likeness (QED) is 0.792. The number of amides is 3. The molecule has 8 heteroatoms. The highest BCUT2D eigenvalue weighted by atomic mass is 19.4. The van der Waals surface area contributed by atoms with Crippen LogP contribution in [0.2, 0.25) is 0 Å². The summed E-state index contributed by atoms with van der Waals surface area (Å²) < 4.78 is 39.1. The number of halogens is 3. The van der Waals surface area contributed by atoms with E-state index in [9.17, 15) is 22.8 Å². The zero-order valence-corrected chi connectivity index (χ0v) is 15.3. The summed E-state index contributed by atoms with van der Waals surface area (Å²) in [6.07, 6.45) is -1.72. The largest absolute Gasteiger partial charge is 0.401 e. The highest BCUT2D eigenvalue weighted by Gasteiger charge is 2.52. The molecular weight excluding hydrogens is 359 g/mol. The Kier molecular flexibility index (Phi) is 5.46. The van der Waals surface area contributed by atoms with Crippen LogP contribution in [-0.4, -0.2) is 46.7 Å². The topological polar surface area (TPSA) is 52.7 Å². The van der Waals surface area contributed by atoms with Crippen LogP contribution in [0.15, 0.2) is 30.3 Å². The molecule has 1 saturated heterocycles. The normalized spacial score (nSPS) is 26.1. The lowest BCUT2D eigenvalue weighted by Gasteiger charge is -2.34. The molecule has 2 fully saturated rings. The number of imide groups is 1. The molecule has 0 aromatic heterocycles. The summed E-state index contributed by atoms with van der Waals surface area (Å²) in [4.78, 5) is 27.3. The van der Waals surface area contributed by atoms with Crippen LogP contribution in [0.3, 0.4) is 0 Å². The molecule has 148 valence electrons. The minimum absolute atomic E-state index is 0.00143. The van der Waals surface area contributed by atoms with E-state index < -0.39 is 30.2 Å². The van der Waals surface area contributed by atoms with Crippen molar-refractivity contribution < 1.29 is 22.8 Å². The third kappa shape index (κ3) is 4.61. The standard InChI is InChI=1S/C19H24F3N3O2/c1-14-7-9-18(10-8-14)16(26)25(17(27)23-18)13-24(12-19(20,21)22)11-15-5-3-2-4-6-15/h2-6,14H,7-13H2,1H3,(H,23,27). The molecule has 0 radical (unpaired) electrons. The number of nitrogens with one attached hydrogen (secondary N) is 1.